The van der Waals surface area contributed by atoms with Gasteiger partial charge in [0.05, 0.1) is 24.0 Å². The highest BCUT2D eigenvalue weighted by Crippen LogP contribution is 2.14. The number of aromatic nitrogens is 2. The Labute approximate surface area is 140 Å². The smallest absolute Gasteiger partial charge is 0.303 e. The summed E-state index contributed by atoms with van der Waals surface area (Å²) in [4.78, 5) is 21.2. The van der Waals surface area contributed by atoms with E-state index in [2.05, 4.69) is 0 Å². The number of rotatable bonds is 9. The summed E-state index contributed by atoms with van der Waals surface area (Å²) in [6.07, 6.45) is 9.35. The van der Waals surface area contributed by atoms with Crippen LogP contribution in [0.4, 0.5) is 0 Å². The molecule has 2 aromatic heterocycles. The summed E-state index contributed by atoms with van der Waals surface area (Å²) in [7, 11) is 0. The Morgan fingerprint density at radius 2 is 1.21 bits per heavy atom. The van der Waals surface area contributed by atoms with Crippen LogP contribution in [0.1, 0.15) is 25.7 Å². The van der Waals surface area contributed by atoms with Gasteiger partial charge in [0.15, 0.2) is 24.8 Å². The molecule has 2 heterocycles. The monoisotopic (exact) mass is 330 g/mol. The van der Waals surface area contributed by atoms with Crippen LogP contribution in [0.3, 0.4) is 0 Å². The van der Waals surface area contributed by atoms with E-state index in [-0.39, 0.29) is 12.8 Å². The molecule has 0 bridgehead atoms. The minimum Gasteiger partial charge on any atom is -0.481 e. The molecule has 6 nitrogen and oxygen atoms in total. The highest BCUT2D eigenvalue weighted by molar-refractivity contribution is 5.66. The van der Waals surface area contributed by atoms with Crippen molar-refractivity contribution in [3.8, 4) is 11.1 Å². The predicted molar refractivity (Wildman–Crippen MR) is 86.0 cm³/mol. The molecule has 0 radical (unpaired) electrons. The molecular formula is C18H22N2O4+2. The van der Waals surface area contributed by atoms with Crippen molar-refractivity contribution in [2.75, 3.05) is 0 Å². The third-order valence-electron chi connectivity index (χ3n) is 3.66. The lowest BCUT2D eigenvalue weighted by molar-refractivity contribution is -0.698. The molecule has 2 N–H and O–H groups in total. The average Bonchev–Trinajstić information content (AvgIpc) is 2.55. The number of aliphatic carboxylic acids is 2. The normalized spacial score (nSPS) is 10.5. The molecule has 24 heavy (non-hydrogen) atoms. The molecule has 6 heteroatoms. The maximum absolute atomic E-state index is 10.6. The molecule has 0 saturated heterocycles. The van der Waals surface area contributed by atoms with E-state index in [0.29, 0.717) is 25.9 Å². The zero-order chi connectivity index (χ0) is 17.4. The van der Waals surface area contributed by atoms with E-state index in [1.54, 1.807) is 0 Å². The number of aryl methyl sites for hydroxylation is 2. The summed E-state index contributed by atoms with van der Waals surface area (Å²) in [5.74, 6) is -1.56. The van der Waals surface area contributed by atoms with Crippen LogP contribution >= 0.6 is 0 Å². The van der Waals surface area contributed by atoms with Crippen LogP contribution in [0.2, 0.25) is 0 Å². The topological polar surface area (TPSA) is 82.4 Å². The van der Waals surface area contributed by atoms with Gasteiger partial charge in [-0.2, -0.15) is 0 Å². The molecule has 2 rings (SSSR count). The quantitative estimate of drug-likeness (QED) is 0.685. The van der Waals surface area contributed by atoms with Crippen LogP contribution in [0.15, 0.2) is 49.1 Å². The fourth-order valence-corrected chi connectivity index (χ4v) is 2.49. The summed E-state index contributed by atoms with van der Waals surface area (Å²) >= 11 is 0. The van der Waals surface area contributed by atoms with Crippen LogP contribution in [0.5, 0.6) is 0 Å². The summed E-state index contributed by atoms with van der Waals surface area (Å²) in [6, 6.07) is 7.89. The number of carboxylic acid groups (broad SMARTS) is 2. The third kappa shape index (κ3) is 5.79. The molecule has 126 valence electrons. The third-order valence-corrected chi connectivity index (χ3v) is 3.66. The van der Waals surface area contributed by atoms with E-state index in [4.69, 9.17) is 10.2 Å². The van der Waals surface area contributed by atoms with Gasteiger partial charge in [0.25, 0.3) is 0 Å². The first-order valence-electron chi connectivity index (χ1n) is 7.97. The number of nitrogens with zero attached hydrogens (tertiary/aromatic N) is 2. The van der Waals surface area contributed by atoms with Gasteiger partial charge in [-0.15, -0.1) is 0 Å². The number of hydrogen-bond acceptors (Lipinski definition) is 2. The van der Waals surface area contributed by atoms with Crippen LogP contribution in [0, 0.1) is 0 Å². The largest absolute Gasteiger partial charge is 0.481 e. The predicted octanol–water partition coefficient (Wildman–Crippen LogP) is 1.66. The van der Waals surface area contributed by atoms with Gasteiger partial charge in [-0.1, -0.05) is 0 Å². The van der Waals surface area contributed by atoms with Gasteiger partial charge in [0, 0.05) is 25.0 Å². The highest BCUT2D eigenvalue weighted by atomic mass is 16.4. The summed E-state index contributed by atoms with van der Waals surface area (Å²) in [5.41, 5.74) is 2.08. The Hall–Kier alpha value is -2.76. The maximum Gasteiger partial charge on any atom is 0.303 e. The zero-order valence-corrected chi connectivity index (χ0v) is 13.5. The highest BCUT2D eigenvalue weighted by Gasteiger charge is 2.10. The first kappa shape index (κ1) is 17.6. The van der Waals surface area contributed by atoms with Crippen molar-refractivity contribution in [1.82, 2.24) is 0 Å². The average molecular weight is 330 g/mol. The Balaban J connectivity index is 2.05. The van der Waals surface area contributed by atoms with Crippen molar-refractivity contribution in [3.63, 3.8) is 0 Å². The van der Waals surface area contributed by atoms with Gasteiger partial charge in [0.1, 0.15) is 13.1 Å². The van der Waals surface area contributed by atoms with Crippen LogP contribution < -0.4 is 9.13 Å². The lowest BCUT2D eigenvalue weighted by Gasteiger charge is -2.02. The molecule has 0 aliphatic heterocycles. The van der Waals surface area contributed by atoms with E-state index in [1.807, 2.05) is 58.2 Å². The summed E-state index contributed by atoms with van der Waals surface area (Å²) in [5, 5.41) is 17.4. The summed E-state index contributed by atoms with van der Waals surface area (Å²) in [6.45, 7) is 1.32. The minimum absolute atomic E-state index is 0.159. The molecule has 0 amide bonds. The fourth-order valence-electron chi connectivity index (χ4n) is 2.49. The molecule has 0 fully saturated rings. The molecule has 0 spiro atoms. The molecule has 2 aromatic rings. The SMILES string of the molecule is O=C(O)CCC[n+]1cccc(-c2ccc[n+](CCCC(=O)O)c2)c1. The molecule has 0 aliphatic carbocycles. The second kappa shape index (κ2) is 8.76. The first-order valence-corrected chi connectivity index (χ1v) is 7.97. The van der Waals surface area contributed by atoms with Crippen molar-refractivity contribution in [3.05, 3.63) is 49.1 Å². The van der Waals surface area contributed by atoms with E-state index in [9.17, 15) is 9.59 Å². The van der Waals surface area contributed by atoms with Gasteiger partial charge in [-0.25, -0.2) is 9.13 Å². The summed E-state index contributed by atoms with van der Waals surface area (Å²) < 4.78 is 3.97. The second-order valence-corrected chi connectivity index (χ2v) is 5.66. The zero-order valence-electron chi connectivity index (χ0n) is 13.5. The van der Waals surface area contributed by atoms with E-state index in [1.165, 1.54) is 0 Å². The molecular weight excluding hydrogens is 308 g/mol. The second-order valence-electron chi connectivity index (χ2n) is 5.66. The lowest BCUT2D eigenvalue weighted by atomic mass is 10.1. The van der Waals surface area contributed by atoms with E-state index >= 15 is 0 Å². The first-order chi connectivity index (χ1) is 11.5. The molecule has 0 unspecified atom stereocenters. The van der Waals surface area contributed by atoms with Crippen LogP contribution in [-0.4, -0.2) is 22.2 Å². The van der Waals surface area contributed by atoms with E-state index in [0.717, 1.165) is 11.1 Å². The van der Waals surface area contributed by atoms with Crippen LogP contribution in [-0.2, 0) is 22.7 Å². The molecule has 0 saturated carbocycles. The van der Waals surface area contributed by atoms with Crippen LogP contribution in [0.25, 0.3) is 11.1 Å². The minimum atomic E-state index is -0.780. The Morgan fingerprint density at radius 3 is 1.58 bits per heavy atom. The Bertz CT molecular complexity index is 654. The number of carboxylic acids is 2. The van der Waals surface area contributed by atoms with Crippen molar-refractivity contribution in [2.45, 2.75) is 38.8 Å². The van der Waals surface area contributed by atoms with Crippen molar-refractivity contribution < 1.29 is 28.9 Å². The van der Waals surface area contributed by atoms with Crippen molar-refractivity contribution in [2.24, 2.45) is 0 Å². The lowest BCUT2D eigenvalue weighted by Crippen LogP contribution is -2.34. The fraction of sp³-hybridized carbons (Fsp3) is 0.333. The maximum atomic E-state index is 10.6. The molecule has 0 aromatic carbocycles. The molecule has 0 aliphatic rings. The Morgan fingerprint density at radius 1 is 0.792 bits per heavy atom. The number of pyridine rings is 2. The van der Waals surface area contributed by atoms with Crippen molar-refractivity contribution >= 4 is 11.9 Å². The van der Waals surface area contributed by atoms with E-state index < -0.39 is 11.9 Å². The van der Waals surface area contributed by atoms with Gasteiger partial charge >= 0.3 is 11.9 Å². The van der Waals surface area contributed by atoms with Crippen molar-refractivity contribution in [1.29, 1.82) is 0 Å². The van der Waals surface area contributed by atoms with Gasteiger partial charge in [-0.05, 0) is 12.1 Å². The number of hydrogen-bond donors (Lipinski definition) is 2. The van der Waals surface area contributed by atoms with Gasteiger partial charge in [-0.3, -0.25) is 9.59 Å². The number of carbonyl (C=O) groups is 2. The van der Waals surface area contributed by atoms with Gasteiger partial charge in [0.2, 0.25) is 0 Å². The standard InChI is InChI=1S/C18H20N2O4/c21-17(22)7-3-11-19-9-1-5-15(13-19)16-6-2-10-20(14-16)12-4-8-18(23)24/h1-2,5-6,9-10,13-14H,3-4,7-8,11-12H2/p+2. The van der Waals surface area contributed by atoms with Gasteiger partial charge < -0.3 is 10.2 Å². The Kier molecular flexibility index (Phi) is 6.42. The molecule has 0 atom stereocenters.